The highest BCUT2D eigenvalue weighted by Gasteiger charge is 2.23. The Kier molecular flexibility index (Phi) is 4.79. The molecule has 2 aromatic heterocycles. The molecule has 0 spiro atoms. The highest BCUT2D eigenvalue weighted by Crippen LogP contribution is 2.32. The van der Waals surface area contributed by atoms with Crippen molar-refractivity contribution in [1.29, 1.82) is 0 Å². The lowest BCUT2D eigenvalue weighted by Crippen LogP contribution is -2.05. The molecule has 0 unspecified atom stereocenters. The maximum absolute atomic E-state index is 11.5. The summed E-state index contributed by atoms with van der Waals surface area (Å²) in [4.78, 5) is 22.9. The number of nitro groups is 1. The Hall–Kier alpha value is -2.82. The molecule has 0 aliphatic heterocycles. The summed E-state index contributed by atoms with van der Waals surface area (Å²) in [5, 5.41) is 17.4. The standard InChI is InChI=1S/C15H11IN6O2/c16-10-1-3-11(4-2-10)20-14-13(22(23)24)15(19-9-18-14)21-12-5-7-17-8-6-12/h1-9H,(H2,17,18,19,20,21). The van der Waals surface area contributed by atoms with E-state index in [4.69, 9.17) is 0 Å². The van der Waals surface area contributed by atoms with Crippen molar-refractivity contribution in [3.05, 3.63) is 68.8 Å². The summed E-state index contributed by atoms with van der Waals surface area (Å²) < 4.78 is 1.07. The fourth-order valence-corrected chi connectivity index (χ4v) is 2.34. The van der Waals surface area contributed by atoms with Crippen LogP contribution in [0.2, 0.25) is 0 Å². The summed E-state index contributed by atoms with van der Waals surface area (Å²) in [7, 11) is 0. The highest BCUT2D eigenvalue weighted by molar-refractivity contribution is 14.1. The molecule has 0 bridgehead atoms. The molecule has 2 heterocycles. The molecule has 9 heteroatoms. The Balaban J connectivity index is 1.96. The van der Waals surface area contributed by atoms with E-state index >= 15 is 0 Å². The number of nitrogens with zero attached hydrogens (tertiary/aromatic N) is 4. The zero-order chi connectivity index (χ0) is 16.9. The molecule has 1 aromatic carbocycles. The number of anilines is 4. The van der Waals surface area contributed by atoms with Crippen LogP contribution < -0.4 is 10.6 Å². The molecule has 0 fully saturated rings. The number of benzene rings is 1. The van der Waals surface area contributed by atoms with Gasteiger partial charge in [0.1, 0.15) is 6.33 Å². The number of hydrogen-bond acceptors (Lipinski definition) is 7. The lowest BCUT2D eigenvalue weighted by atomic mass is 10.3. The van der Waals surface area contributed by atoms with Gasteiger partial charge in [-0.3, -0.25) is 15.1 Å². The second-order valence-corrected chi connectivity index (χ2v) is 5.92. The normalized spacial score (nSPS) is 10.2. The van der Waals surface area contributed by atoms with Gasteiger partial charge in [-0.2, -0.15) is 0 Å². The summed E-state index contributed by atoms with van der Waals surface area (Å²) in [6.07, 6.45) is 4.44. The highest BCUT2D eigenvalue weighted by atomic mass is 127. The zero-order valence-corrected chi connectivity index (χ0v) is 14.3. The van der Waals surface area contributed by atoms with Gasteiger partial charge in [0.15, 0.2) is 0 Å². The lowest BCUT2D eigenvalue weighted by Gasteiger charge is -2.10. The van der Waals surface area contributed by atoms with Gasteiger partial charge in [-0.15, -0.1) is 0 Å². The fraction of sp³-hybridized carbons (Fsp3) is 0. The molecule has 0 saturated carbocycles. The topological polar surface area (TPSA) is 106 Å². The molecule has 2 N–H and O–H groups in total. The SMILES string of the molecule is O=[N+]([O-])c1c(Nc2ccncc2)ncnc1Nc1ccc(I)cc1. The predicted octanol–water partition coefficient (Wildman–Crippen LogP) is 3.87. The molecule has 0 saturated heterocycles. The van der Waals surface area contributed by atoms with Crippen molar-refractivity contribution >= 4 is 51.3 Å². The van der Waals surface area contributed by atoms with E-state index < -0.39 is 4.92 Å². The van der Waals surface area contributed by atoms with Gasteiger partial charge in [-0.25, -0.2) is 9.97 Å². The van der Waals surface area contributed by atoms with Crippen molar-refractivity contribution in [2.75, 3.05) is 10.6 Å². The van der Waals surface area contributed by atoms with Crippen LogP contribution in [0.25, 0.3) is 0 Å². The van der Waals surface area contributed by atoms with Gasteiger partial charge in [0, 0.05) is 27.3 Å². The van der Waals surface area contributed by atoms with Crippen molar-refractivity contribution in [2.24, 2.45) is 0 Å². The van der Waals surface area contributed by atoms with E-state index in [2.05, 4.69) is 48.2 Å². The quantitative estimate of drug-likeness (QED) is 0.357. The molecule has 120 valence electrons. The van der Waals surface area contributed by atoms with Crippen LogP contribution in [0.1, 0.15) is 0 Å². The van der Waals surface area contributed by atoms with E-state index in [0.29, 0.717) is 11.4 Å². The third-order valence-electron chi connectivity index (χ3n) is 3.05. The Morgan fingerprint density at radius 3 is 2.00 bits per heavy atom. The van der Waals surface area contributed by atoms with Crippen LogP contribution >= 0.6 is 22.6 Å². The van der Waals surface area contributed by atoms with Crippen molar-refractivity contribution in [3.63, 3.8) is 0 Å². The second-order valence-electron chi connectivity index (χ2n) is 4.67. The molecule has 0 aliphatic rings. The average Bonchev–Trinajstić information content (AvgIpc) is 2.58. The maximum atomic E-state index is 11.5. The minimum atomic E-state index is -0.515. The Bertz CT molecular complexity index is 858. The largest absolute Gasteiger partial charge is 0.353 e. The number of aromatic nitrogens is 3. The van der Waals surface area contributed by atoms with Crippen molar-refractivity contribution in [2.45, 2.75) is 0 Å². The number of nitrogens with one attached hydrogen (secondary N) is 2. The summed E-state index contributed by atoms with van der Waals surface area (Å²) in [6, 6.07) is 10.8. The van der Waals surface area contributed by atoms with E-state index in [1.54, 1.807) is 24.5 Å². The van der Waals surface area contributed by atoms with Crippen molar-refractivity contribution in [1.82, 2.24) is 15.0 Å². The van der Waals surface area contributed by atoms with E-state index in [0.717, 1.165) is 3.57 Å². The van der Waals surface area contributed by atoms with Crippen LogP contribution in [-0.4, -0.2) is 19.9 Å². The molecular formula is C15H11IN6O2. The van der Waals surface area contributed by atoms with Gasteiger partial charge in [0.25, 0.3) is 0 Å². The van der Waals surface area contributed by atoms with E-state index in [1.165, 1.54) is 6.33 Å². The molecule has 3 rings (SSSR count). The average molecular weight is 434 g/mol. The second kappa shape index (κ2) is 7.17. The summed E-state index contributed by atoms with van der Waals surface area (Å²) >= 11 is 2.19. The van der Waals surface area contributed by atoms with Crippen LogP contribution in [0, 0.1) is 13.7 Å². The summed E-state index contributed by atoms with van der Waals surface area (Å²) in [6.45, 7) is 0. The first-order valence-corrected chi connectivity index (χ1v) is 7.90. The Labute approximate surface area is 150 Å². The number of pyridine rings is 1. The molecular weight excluding hydrogens is 423 g/mol. The van der Waals surface area contributed by atoms with E-state index in [-0.39, 0.29) is 17.3 Å². The molecule has 8 nitrogen and oxygen atoms in total. The maximum Gasteiger partial charge on any atom is 0.353 e. The zero-order valence-electron chi connectivity index (χ0n) is 12.2. The van der Waals surface area contributed by atoms with Crippen LogP contribution in [0.5, 0.6) is 0 Å². The minimum absolute atomic E-state index is 0.106. The van der Waals surface area contributed by atoms with Gasteiger partial charge in [0.2, 0.25) is 11.6 Å². The van der Waals surface area contributed by atoms with Crippen molar-refractivity contribution < 1.29 is 4.92 Å². The molecule has 3 aromatic rings. The minimum Gasteiger partial charge on any atom is -0.334 e. The van der Waals surface area contributed by atoms with Gasteiger partial charge in [-0.05, 0) is 59.0 Å². The van der Waals surface area contributed by atoms with Crippen LogP contribution in [0.4, 0.5) is 28.7 Å². The smallest absolute Gasteiger partial charge is 0.334 e. The number of halogens is 1. The molecule has 0 radical (unpaired) electrons. The summed E-state index contributed by atoms with van der Waals surface area (Å²) in [5.41, 5.74) is 1.12. The molecule has 0 amide bonds. The molecule has 0 atom stereocenters. The third-order valence-corrected chi connectivity index (χ3v) is 3.77. The molecule has 0 aliphatic carbocycles. The molecule has 24 heavy (non-hydrogen) atoms. The van der Waals surface area contributed by atoms with Gasteiger partial charge < -0.3 is 10.6 Å². The van der Waals surface area contributed by atoms with Gasteiger partial charge in [-0.1, -0.05) is 0 Å². The first-order chi connectivity index (χ1) is 11.6. The summed E-state index contributed by atoms with van der Waals surface area (Å²) in [5.74, 6) is 0.224. The first kappa shape index (κ1) is 16.1. The van der Waals surface area contributed by atoms with E-state index in [1.807, 2.05) is 24.3 Å². The first-order valence-electron chi connectivity index (χ1n) is 6.82. The van der Waals surface area contributed by atoms with E-state index in [9.17, 15) is 10.1 Å². The van der Waals surface area contributed by atoms with Crippen LogP contribution in [0.3, 0.4) is 0 Å². The van der Waals surface area contributed by atoms with Gasteiger partial charge >= 0.3 is 5.69 Å². The lowest BCUT2D eigenvalue weighted by molar-refractivity contribution is -0.383. The Morgan fingerprint density at radius 1 is 0.917 bits per heavy atom. The van der Waals surface area contributed by atoms with Gasteiger partial charge in [0.05, 0.1) is 4.92 Å². The predicted molar refractivity (Wildman–Crippen MR) is 98.6 cm³/mol. The van der Waals surface area contributed by atoms with Crippen LogP contribution in [-0.2, 0) is 0 Å². The number of rotatable bonds is 5. The van der Waals surface area contributed by atoms with Crippen LogP contribution in [0.15, 0.2) is 55.1 Å². The third kappa shape index (κ3) is 3.74. The fourth-order valence-electron chi connectivity index (χ4n) is 1.98. The number of hydrogen-bond donors (Lipinski definition) is 2. The van der Waals surface area contributed by atoms with Crippen molar-refractivity contribution in [3.8, 4) is 0 Å². The Morgan fingerprint density at radius 2 is 1.46 bits per heavy atom. The monoisotopic (exact) mass is 434 g/mol.